The number of amides is 1. The molecule has 142 valence electrons. The Hall–Kier alpha value is -2.19. The Kier molecular flexibility index (Phi) is 7.55. The molecular formula is C16H10Cl4N2O5. The van der Waals surface area contributed by atoms with Crippen LogP contribution in [-0.2, 0) is 11.4 Å². The number of carbonyl (C=O) groups is 2. The van der Waals surface area contributed by atoms with Crippen LogP contribution >= 0.6 is 46.4 Å². The van der Waals surface area contributed by atoms with Gasteiger partial charge in [0.05, 0.1) is 16.3 Å². The van der Waals surface area contributed by atoms with E-state index >= 15 is 0 Å². The van der Waals surface area contributed by atoms with Gasteiger partial charge in [0.1, 0.15) is 23.1 Å². The largest absolute Gasteiger partial charge is 0.484 e. The Morgan fingerprint density at radius 3 is 2.63 bits per heavy atom. The van der Waals surface area contributed by atoms with E-state index in [9.17, 15) is 9.59 Å². The molecule has 0 spiro atoms. The average Bonchev–Trinajstić information content (AvgIpc) is 3.09. The summed E-state index contributed by atoms with van der Waals surface area (Å²) in [6, 6.07) is 7.71. The predicted octanol–water partition coefficient (Wildman–Crippen LogP) is 4.65. The highest BCUT2D eigenvalue weighted by Gasteiger charge is 2.12. The lowest BCUT2D eigenvalue weighted by molar-refractivity contribution is -0.131. The first-order chi connectivity index (χ1) is 12.8. The standard InChI is InChI=1S/C16H10Cl4N2O5/c17-8-1-3-12(10(18)5-8)26-7-9-2-4-13(27-9)15(23)22-21-6-11(19)14(20)16(24)25/h1-6H,7H2,(H,22,23)(H,24,25)/b14-11+,21-6-. The second-order valence-electron chi connectivity index (χ2n) is 4.80. The summed E-state index contributed by atoms with van der Waals surface area (Å²) in [5.74, 6) is -1.38. The van der Waals surface area contributed by atoms with Crippen LogP contribution in [0.25, 0.3) is 0 Å². The van der Waals surface area contributed by atoms with E-state index in [0.29, 0.717) is 21.6 Å². The zero-order chi connectivity index (χ0) is 20.0. The number of aliphatic carboxylic acids is 1. The molecule has 2 aromatic rings. The molecular weight excluding hydrogens is 442 g/mol. The maximum absolute atomic E-state index is 11.9. The first-order valence-electron chi connectivity index (χ1n) is 7.06. The molecule has 1 aromatic heterocycles. The van der Waals surface area contributed by atoms with Crippen molar-refractivity contribution >= 4 is 64.5 Å². The molecule has 0 fully saturated rings. The quantitative estimate of drug-likeness (QED) is 0.362. The molecule has 27 heavy (non-hydrogen) atoms. The van der Waals surface area contributed by atoms with Crippen LogP contribution in [0.15, 0.2) is 49.9 Å². The lowest BCUT2D eigenvalue weighted by atomic mass is 10.3. The van der Waals surface area contributed by atoms with E-state index in [0.717, 1.165) is 6.21 Å². The van der Waals surface area contributed by atoms with Crippen LogP contribution in [0.2, 0.25) is 10.0 Å². The summed E-state index contributed by atoms with van der Waals surface area (Å²) in [5, 5.41) is 12.0. The monoisotopic (exact) mass is 450 g/mol. The van der Waals surface area contributed by atoms with Gasteiger partial charge in [-0.15, -0.1) is 0 Å². The van der Waals surface area contributed by atoms with E-state index in [1.807, 2.05) is 0 Å². The molecule has 1 heterocycles. The molecule has 0 saturated heterocycles. The van der Waals surface area contributed by atoms with Crippen molar-refractivity contribution < 1.29 is 23.8 Å². The minimum absolute atomic E-state index is 0.0285. The number of furan rings is 1. The van der Waals surface area contributed by atoms with Gasteiger partial charge in [-0.1, -0.05) is 46.4 Å². The maximum atomic E-state index is 11.9. The number of hydrogen-bond donors (Lipinski definition) is 2. The van der Waals surface area contributed by atoms with Crippen LogP contribution < -0.4 is 10.2 Å². The second kappa shape index (κ2) is 9.66. The van der Waals surface area contributed by atoms with Gasteiger partial charge in [0.15, 0.2) is 5.76 Å². The van der Waals surface area contributed by atoms with E-state index in [2.05, 4.69) is 10.5 Å². The minimum Gasteiger partial charge on any atom is -0.484 e. The van der Waals surface area contributed by atoms with Crippen molar-refractivity contribution in [1.82, 2.24) is 5.43 Å². The lowest BCUT2D eigenvalue weighted by Gasteiger charge is -2.06. The normalized spacial score (nSPS) is 12.0. The zero-order valence-corrected chi connectivity index (χ0v) is 16.2. The molecule has 0 atom stereocenters. The number of carbonyl (C=O) groups excluding carboxylic acids is 1. The predicted molar refractivity (Wildman–Crippen MR) is 102 cm³/mol. The van der Waals surface area contributed by atoms with Gasteiger partial charge < -0.3 is 14.3 Å². The average molecular weight is 452 g/mol. The second-order valence-corrected chi connectivity index (χ2v) is 6.42. The minimum atomic E-state index is -1.42. The number of rotatable bonds is 7. The summed E-state index contributed by atoms with van der Waals surface area (Å²) >= 11 is 22.8. The number of halogens is 4. The maximum Gasteiger partial charge on any atom is 0.348 e. The van der Waals surface area contributed by atoms with Crippen molar-refractivity contribution in [1.29, 1.82) is 0 Å². The van der Waals surface area contributed by atoms with Gasteiger partial charge in [-0.25, -0.2) is 10.2 Å². The van der Waals surface area contributed by atoms with Crippen LogP contribution in [0.4, 0.5) is 0 Å². The molecule has 1 amide bonds. The van der Waals surface area contributed by atoms with Gasteiger partial charge in [0.25, 0.3) is 0 Å². The van der Waals surface area contributed by atoms with E-state index in [1.54, 1.807) is 12.1 Å². The van der Waals surface area contributed by atoms with Crippen LogP contribution in [0.5, 0.6) is 5.75 Å². The fraction of sp³-hybridized carbons (Fsp3) is 0.0625. The third kappa shape index (κ3) is 6.18. The molecule has 7 nitrogen and oxygen atoms in total. The number of ether oxygens (including phenoxy) is 1. The van der Waals surface area contributed by atoms with Crippen molar-refractivity contribution in [3.05, 3.63) is 62.0 Å². The van der Waals surface area contributed by atoms with Crippen molar-refractivity contribution in [2.24, 2.45) is 5.10 Å². The van der Waals surface area contributed by atoms with Crippen LogP contribution in [0, 0.1) is 0 Å². The molecule has 0 radical (unpaired) electrons. The molecule has 2 rings (SSSR count). The third-order valence-electron chi connectivity index (χ3n) is 2.89. The number of carboxylic acids is 1. The highest BCUT2D eigenvalue weighted by molar-refractivity contribution is 6.51. The molecule has 0 aliphatic rings. The van der Waals surface area contributed by atoms with Crippen molar-refractivity contribution in [2.45, 2.75) is 6.61 Å². The molecule has 0 aliphatic heterocycles. The van der Waals surface area contributed by atoms with Gasteiger partial charge >= 0.3 is 11.9 Å². The summed E-state index contributed by atoms with van der Waals surface area (Å²) in [6.07, 6.45) is 0.880. The van der Waals surface area contributed by atoms with Crippen molar-refractivity contribution in [2.75, 3.05) is 0 Å². The number of allylic oxidation sites excluding steroid dienone is 1. The summed E-state index contributed by atoms with van der Waals surface area (Å²) < 4.78 is 10.8. The Balaban J connectivity index is 1.93. The molecule has 0 aliphatic carbocycles. The van der Waals surface area contributed by atoms with Crippen LogP contribution in [0.3, 0.4) is 0 Å². The molecule has 11 heteroatoms. The topological polar surface area (TPSA) is 101 Å². The van der Waals surface area contributed by atoms with Crippen molar-refractivity contribution in [3.8, 4) is 5.75 Å². The Morgan fingerprint density at radius 2 is 1.96 bits per heavy atom. The van der Waals surface area contributed by atoms with E-state index in [1.165, 1.54) is 18.2 Å². The molecule has 1 aromatic carbocycles. The van der Waals surface area contributed by atoms with Gasteiger partial charge in [-0.3, -0.25) is 4.79 Å². The summed E-state index contributed by atoms with van der Waals surface area (Å²) in [6.45, 7) is 0.0285. The number of hydrazone groups is 1. The molecule has 0 bridgehead atoms. The van der Waals surface area contributed by atoms with Crippen LogP contribution in [-0.4, -0.2) is 23.2 Å². The Bertz CT molecular complexity index is 923. The van der Waals surface area contributed by atoms with Crippen molar-refractivity contribution in [3.63, 3.8) is 0 Å². The first kappa shape index (κ1) is 21.1. The third-order valence-corrected chi connectivity index (χ3v) is 4.17. The highest BCUT2D eigenvalue weighted by Crippen LogP contribution is 2.28. The lowest BCUT2D eigenvalue weighted by Crippen LogP contribution is -2.16. The number of carboxylic acid groups (broad SMARTS) is 1. The molecule has 0 unspecified atom stereocenters. The van der Waals surface area contributed by atoms with Crippen LogP contribution in [0.1, 0.15) is 16.3 Å². The van der Waals surface area contributed by atoms with E-state index in [-0.39, 0.29) is 17.4 Å². The fourth-order valence-corrected chi connectivity index (χ4v) is 2.32. The number of nitrogens with one attached hydrogen (secondary N) is 1. The number of nitrogens with zero attached hydrogens (tertiary/aromatic N) is 1. The Morgan fingerprint density at radius 1 is 1.22 bits per heavy atom. The van der Waals surface area contributed by atoms with Gasteiger partial charge in [-0.05, 0) is 30.3 Å². The molecule has 0 saturated carbocycles. The first-order valence-corrected chi connectivity index (χ1v) is 8.57. The SMILES string of the molecule is O=C(O)/C(Cl)=C(Cl)/C=N\NC(=O)c1ccc(COc2ccc(Cl)cc2Cl)o1. The van der Waals surface area contributed by atoms with Gasteiger partial charge in [0.2, 0.25) is 0 Å². The van der Waals surface area contributed by atoms with E-state index in [4.69, 9.17) is 60.7 Å². The molecule has 2 N–H and O–H groups in total. The summed E-state index contributed by atoms with van der Waals surface area (Å²) in [5.41, 5.74) is 2.12. The van der Waals surface area contributed by atoms with E-state index < -0.39 is 16.9 Å². The fourth-order valence-electron chi connectivity index (χ4n) is 1.68. The summed E-state index contributed by atoms with van der Waals surface area (Å²) in [4.78, 5) is 22.5. The van der Waals surface area contributed by atoms with Gasteiger partial charge in [0, 0.05) is 5.02 Å². The zero-order valence-electron chi connectivity index (χ0n) is 13.2. The Labute approximate surface area is 173 Å². The van der Waals surface area contributed by atoms with Gasteiger partial charge in [-0.2, -0.15) is 5.10 Å². The highest BCUT2D eigenvalue weighted by atomic mass is 35.5. The smallest absolute Gasteiger partial charge is 0.348 e. The number of benzene rings is 1. The number of hydrogen-bond acceptors (Lipinski definition) is 5. The summed E-state index contributed by atoms with van der Waals surface area (Å²) in [7, 11) is 0.